The van der Waals surface area contributed by atoms with Crippen molar-refractivity contribution in [1.82, 2.24) is 14.9 Å². The lowest BCUT2D eigenvalue weighted by atomic mass is 10.2. The predicted octanol–water partition coefficient (Wildman–Crippen LogP) is 1.76. The Morgan fingerprint density at radius 3 is 3.00 bits per heavy atom. The first-order valence-corrected chi connectivity index (χ1v) is 5.52. The van der Waals surface area contributed by atoms with Crippen molar-refractivity contribution in [3.8, 4) is 0 Å². The maximum atomic E-state index is 4.36. The molecule has 0 bridgehead atoms. The van der Waals surface area contributed by atoms with Crippen LogP contribution in [0.4, 0.5) is 0 Å². The van der Waals surface area contributed by atoms with Crippen LogP contribution >= 0.6 is 0 Å². The van der Waals surface area contributed by atoms with Crippen LogP contribution in [0.2, 0.25) is 0 Å². The highest BCUT2D eigenvalue weighted by atomic mass is 15.1. The molecular formula is C11H19N3. The van der Waals surface area contributed by atoms with Crippen LogP contribution in [0.5, 0.6) is 0 Å². The summed E-state index contributed by atoms with van der Waals surface area (Å²) in [6.45, 7) is 6.49. The first-order valence-electron chi connectivity index (χ1n) is 5.52. The summed E-state index contributed by atoms with van der Waals surface area (Å²) in [5.74, 6) is 1.72. The number of hydrogen-bond donors (Lipinski definition) is 1. The Morgan fingerprint density at radius 2 is 2.36 bits per heavy atom. The fourth-order valence-electron chi connectivity index (χ4n) is 1.69. The summed E-state index contributed by atoms with van der Waals surface area (Å²) in [5, 5.41) is 3.51. The van der Waals surface area contributed by atoms with Gasteiger partial charge < -0.3 is 9.88 Å². The minimum Gasteiger partial charge on any atom is -0.333 e. The zero-order valence-electron chi connectivity index (χ0n) is 9.03. The second-order valence-electron chi connectivity index (χ2n) is 4.36. The van der Waals surface area contributed by atoms with E-state index < -0.39 is 0 Å². The molecule has 1 heterocycles. The monoisotopic (exact) mass is 193 g/mol. The summed E-state index contributed by atoms with van der Waals surface area (Å²) in [6, 6.07) is 0.807. The lowest BCUT2D eigenvalue weighted by Gasteiger charge is -2.10. The third-order valence-electron chi connectivity index (χ3n) is 2.63. The summed E-state index contributed by atoms with van der Waals surface area (Å²) in [5.41, 5.74) is 0. The minimum atomic E-state index is 0.519. The van der Waals surface area contributed by atoms with Crippen LogP contribution in [0.3, 0.4) is 0 Å². The van der Waals surface area contributed by atoms with E-state index in [0.29, 0.717) is 5.92 Å². The van der Waals surface area contributed by atoms with Gasteiger partial charge in [-0.15, -0.1) is 0 Å². The summed E-state index contributed by atoms with van der Waals surface area (Å²) in [7, 11) is 0. The topological polar surface area (TPSA) is 29.9 Å². The van der Waals surface area contributed by atoms with Crippen LogP contribution < -0.4 is 5.32 Å². The Kier molecular flexibility index (Phi) is 2.87. The number of imidazole rings is 1. The van der Waals surface area contributed by atoms with Gasteiger partial charge in [-0.05, 0) is 12.8 Å². The molecule has 1 aromatic rings. The van der Waals surface area contributed by atoms with Crippen molar-refractivity contribution in [2.45, 2.75) is 45.2 Å². The third-order valence-corrected chi connectivity index (χ3v) is 2.63. The maximum absolute atomic E-state index is 4.36. The molecule has 1 N–H and O–H groups in total. The van der Waals surface area contributed by atoms with Crippen molar-refractivity contribution < 1.29 is 0 Å². The van der Waals surface area contributed by atoms with Crippen molar-refractivity contribution in [3.63, 3.8) is 0 Å². The van der Waals surface area contributed by atoms with Gasteiger partial charge in [0.25, 0.3) is 0 Å². The molecule has 1 aromatic heterocycles. The van der Waals surface area contributed by atoms with Crippen LogP contribution in [0.15, 0.2) is 12.4 Å². The smallest absolute Gasteiger partial charge is 0.111 e. The molecule has 2 rings (SSSR count). The molecule has 1 aliphatic rings. The normalized spacial score (nSPS) is 16.5. The number of aromatic nitrogens is 2. The molecule has 14 heavy (non-hydrogen) atoms. The van der Waals surface area contributed by atoms with Crippen LogP contribution in [-0.2, 0) is 6.54 Å². The molecule has 0 aromatic carbocycles. The summed E-state index contributed by atoms with van der Waals surface area (Å²) in [4.78, 5) is 4.36. The van der Waals surface area contributed by atoms with Crippen molar-refractivity contribution in [1.29, 1.82) is 0 Å². The zero-order valence-corrected chi connectivity index (χ0v) is 9.03. The number of nitrogens with one attached hydrogen (secondary N) is 1. The molecule has 0 unspecified atom stereocenters. The number of rotatable bonds is 5. The highest BCUT2D eigenvalue weighted by molar-refractivity contribution is 4.97. The molecule has 0 atom stereocenters. The first-order chi connectivity index (χ1) is 6.77. The summed E-state index contributed by atoms with van der Waals surface area (Å²) >= 11 is 0. The van der Waals surface area contributed by atoms with Crippen molar-refractivity contribution in [2.24, 2.45) is 0 Å². The average molecular weight is 193 g/mol. The van der Waals surface area contributed by atoms with E-state index in [1.54, 1.807) is 0 Å². The van der Waals surface area contributed by atoms with Gasteiger partial charge in [-0.25, -0.2) is 4.98 Å². The largest absolute Gasteiger partial charge is 0.333 e. The van der Waals surface area contributed by atoms with E-state index in [0.717, 1.165) is 19.1 Å². The van der Waals surface area contributed by atoms with Crippen LogP contribution in [0.25, 0.3) is 0 Å². The molecule has 0 aliphatic heterocycles. The van der Waals surface area contributed by atoms with Crippen LogP contribution in [-0.4, -0.2) is 22.1 Å². The van der Waals surface area contributed by atoms with Gasteiger partial charge in [-0.1, -0.05) is 13.8 Å². The lowest BCUT2D eigenvalue weighted by molar-refractivity contribution is 0.563. The zero-order chi connectivity index (χ0) is 9.97. The Morgan fingerprint density at radius 1 is 1.57 bits per heavy atom. The van der Waals surface area contributed by atoms with Gasteiger partial charge in [-0.3, -0.25) is 0 Å². The molecule has 0 spiro atoms. The molecule has 0 saturated heterocycles. The van der Waals surface area contributed by atoms with Gasteiger partial charge in [-0.2, -0.15) is 0 Å². The van der Waals surface area contributed by atoms with E-state index in [1.807, 2.05) is 6.20 Å². The van der Waals surface area contributed by atoms with Crippen LogP contribution in [0, 0.1) is 0 Å². The molecule has 3 nitrogen and oxygen atoms in total. The SMILES string of the molecule is CC(C)c1nccn1CCNC1CC1. The molecule has 1 aliphatic carbocycles. The molecular weight excluding hydrogens is 174 g/mol. The quantitative estimate of drug-likeness (QED) is 0.772. The molecule has 3 heteroatoms. The van der Waals surface area contributed by atoms with E-state index in [2.05, 4.69) is 34.9 Å². The summed E-state index contributed by atoms with van der Waals surface area (Å²) < 4.78 is 2.25. The van der Waals surface area contributed by atoms with E-state index in [9.17, 15) is 0 Å². The fraction of sp³-hybridized carbons (Fsp3) is 0.727. The summed E-state index contributed by atoms with van der Waals surface area (Å²) in [6.07, 6.45) is 6.69. The standard InChI is InChI=1S/C11H19N3/c1-9(2)11-13-6-8-14(11)7-5-12-10-3-4-10/h6,8-10,12H,3-5,7H2,1-2H3. The van der Waals surface area contributed by atoms with Crippen molar-refractivity contribution in [2.75, 3.05) is 6.54 Å². The van der Waals surface area contributed by atoms with Gasteiger partial charge in [0.2, 0.25) is 0 Å². The number of hydrogen-bond acceptors (Lipinski definition) is 2. The lowest BCUT2D eigenvalue weighted by Crippen LogP contribution is -2.22. The third kappa shape index (κ3) is 2.35. The van der Waals surface area contributed by atoms with E-state index in [-0.39, 0.29) is 0 Å². The van der Waals surface area contributed by atoms with Gasteiger partial charge in [0.05, 0.1) is 0 Å². The van der Waals surface area contributed by atoms with Gasteiger partial charge >= 0.3 is 0 Å². The molecule has 0 radical (unpaired) electrons. The molecule has 1 saturated carbocycles. The van der Waals surface area contributed by atoms with Gasteiger partial charge in [0.15, 0.2) is 0 Å². The molecule has 0 amide bonds. The van der Waals surface area contributed by atoms with E-state index in [4.69, 9.17) is 0 Å². The number of nitrogens with zero attached hydrogens (tertiary/aromatic N) is 2. The highest BCUT2D eigenvalue weighted by Gasteiger charge is 2.19. The minimum absolute atomic E-state index is 0.519. The average Bonchev–Trinajstić information content (AvgIpc) is 2.82. The maximum Gasteiger partial charge on any atom is 0.111 e. The van der Waals surface area contributed by atoms with Gasteiger partial charge in [0, 0.05) is 37.4 Å². The molecule has 78 valence electrons. The second kappa shape index (κ2) is 4.13. The Hall–Kier alpha value is -0.830. The first kappa shape index (κ1) is 9.71. The molecule has 1 fully saturated rings. The second-order valence-corrected chi connectivity index (χ2v) is 4.36. The van der Waals surface area contributed by atoms with Gasteiger partial charge in [0.1, 0.15) is 5.82 Å². The van der Waals surface area contributed by atoms with E-state index >= 15 is 0 Å². The van der Waals surface area contributed by atoms with Crippen LogP contribution in [0.1, 0.15) is 38.4 Å². The fourth-order valence-corrected chi connectivity index (χ4v) is 1.69. The van der Waals surface area contributed by atoms with Crippen molar-refractivity contribution in [3.05, 3.63) is 18.2 Å². The van der Waals surface area contributed by atoms with E-state index in [1.165, 1.54) is 18.7 Å². The Bertz CT molecular complexity index is 286. The Balaban J connectivity index is 1.84. The predicted molar refractivity (Wildman–Crippen MR) is 57.3 cm³/mol. The Labute approximate surface area is 85.5 Å². The highest BCUT2D eigenvalue weighted by Crippen LogP contribution is 2.18. The van der Waals surface area contributed by atoms with Crippen molar-refractivity contribution >= 4 is 0 Å².